The maximum atomic E-state index is 13.1. The first-order chi connectivity index (χ1) is 15.0. The van der Waals surface area contributed by atoms with Gasteiger partial charge in [-0.3, -0.25) is 4.79 Å². The number of esters is 1. The Kier molecular flexibility index (Phi) is 6.36. The average Bonchev–Trinajstić information content (AvgIpc) is 3.30. The van der Waals surface area contributed by atoms with E-state index in [2.05, 4.69) is 15.3 Å². The monoisotopic (exact) mass is 424 g/mol. The number of ketones is 1. The number of nitrogens with zero attached hydrogens (tertiary/aromatic N) is 2. The number of pyridine rings is 1. The molecule has 164 valence electrons. The molecule has 1 aliphatic heterocycles. The molecule has 1 saturated carbocycles. The number of fused-ring (bicyclic) bond motifs is 1. The number of likely N-dealkylation sites (N-methyl/N-ethyl adjacent to an activating group) is 1. The number of rotatable bonds is 7. The van der Waals surface area contributed by atoms with Crippen LogP contribution in [0.25, 0.3) is 17.1 Å². The molecular formula is C23H28N4O4. The van der Waals surface area contributed by atoms with Crippen LogP contribution < -0.4 is 5.32 Å². The standard InChI is InChI=1S/C23H28N4O4/c1-27(2)11-12-30-23(29)19-20(28)18(31-22(19)26-16-7-4-3-5-8-16)13-15-14-25-21-17(15)9-6-10-24-21/h6,9-10,13-14,16,26H,3-5,7-8,11-12H2,1-2H3,(H,24,25)/b18-13-. The lowest BCUT2D eigenvalue weighted by atomic mass is 9.95. The Labute approximate surface area is 181 Å². The molecule has 0 saturated heterocycles. The lowest BCUT2D eigenvalue weighted by molar-refractivity contribution is -0.140. The summed E-state index contributed by atoms with van der Waals surface area (Å²) in [5.41, 5.74) is 1.43. The molecule has 0 unspecified atom stereocenters. The Hall–Kier alpha value is -3.13. The predicted octanol–water partition coefficient (Wildman–Crippen LogP) is 2.74. The minimum absolute atomic E-state index is 0.0615. The predicted molar refractivity (Wildman–Crippen MR) is 117 cm³/mol. The van der Waals surface area contributed by atoms with Crippen molar-refractivity contribution >= 4 is 28.9 Å². The summed E-state index contributed by atoms with van der Waals surface area (Å²) in [7, 11) is 3.79. The number of hydrogen-bond donors (Lipinski definition) is 2. The van der Waals surface area contributed by atoms with Crippen LogP contribution in [-0.2, 0) is 19.1 Å². The van der Waals surface area contributed by atoms with Gasteiger partial charge in [-0.2, -0.15) is 0 Å². The average molecular weight is 425 g/mol. The Morgan fingerprint density at radius 1 is 1.35 bits per heavy atom. The number of H-pyrrole nitrogens is 1. The molecule has 2 N–H and O–H groups in total. The SMILES string of the molecule is CN(C)CCOC(=O)C1=C(NC2CCCCC2)O/C(=C\c2c[nH]c3ncccc23)C1=O. The molecule has 2 aromatic heterocycles. The van der Waals surface area contributed by atoms with Crippen LogP contribution in [0.5, 0.6) is 0 Å². The van der Waals surface area contributed by atoms with Gasteiger partial charge in [0.2, 0.25) is 11.7 Å². The molecule has 3 heterocycles. The second-order valence-electron chi connectivity index (χ2n) is 8.21. The van der Waals surface area contributed by atoms with Crippen molar-refractivity contribution in [1.82, 2.24) is 20.2 Å². The van der Waals surface area contributed by atoms with Crippen LogP contribution in [0, 0.1) is 0 Å². The minimum Gasteiger partial charge on any atom is -0.460 e. The summed E-state index contributed by atoms with van der Waals surface area (Å²) in [5.74, 6) is -0.820. The zero-order valence-corrected chi connectivity index (χ0v) is 17.9. The highest BCUT2D eigenvalue weighted by Crippen LogP contribution is 2.29. The van der Waals surface area contributed by atoms with Crippen LogP contribution in [0.2, 0.25) is 0 Å². The third kappa shape index (κ3) is 4.80. The topological polar surface area (TPSA) is 96.6 Å². The van der Waals surface area contributed by atoms with Gasteiger partial charge in [-0.1, -0.05) is 19.3 Å². The fraction of sp³-hybridized carbons (Fsp3) is 0.435. The maximum absolute atomic E-state index is 13.1. The van der Waals surface area contributed by atoms with E-state index < -0.39 is 11.8 Å². The number of aromatic amines is 1. The number of hydrogen-bond acceptors (Lipinski definition) is 7. The lowest BCUT2D eigenvalue weighted by Crippen LogP contribution is -2.32. The van der Waals surface area contributed by atoms with Crippen molar-refractivity contribution in [1.29, 1.82) is 0 Å². The number of Topliss-reactive ketones (excluding diaryl/α,β-unsaturated/α-hetero) is 1. The second-order valence-corrected chi connectivity index (χ2v) is 8.21. The zero-order valence-electron chi connectivity index (χ0n) is 17.9. The van der Waals surface area contributed by atoms with E-state index in [1.165, 1.54) is 6.42 Å². The molecule has 1 fully saturated rings. The van der Waals surface area contributed by atoms with E-state index in [4.69, 9.17) is 9.47 Å². The molecule has 8 nitrogen and oxygen atoms in total. The van der Waals surface area contributed by atoms with Gasteiger partial charge in [-0.05, 0) is 45.1 Å². The largest absolute Gasteiger partial charge is 0.460 e. The third-order valence-corrected chi connectivity index (χ3v) is 5.58. The molecule has 31 heavy (non-hydrogen) atoms. The highest BCUT2D eigenvalue weighted by molar-refractivity contribution is 6.26. The number of ether oxygens (including phenoxy) is 2. The van der Waals surface area contributed by atoms with Crippen molar-refractivity contribution in [2.24, 2.45) is 0 Å². The molecule has 2 aromatic rings. The van der Waals surface area contributed by atoms with Crippen molar-refractivity contribution in [3.05, 3.63) is 47.3 Å². The van der Waals surface area contributed by atoms with Crippen molar-refractivity contribution in [3.8, 4) is 0 Å². The van der Waals surface area contributed by atoms with Crippen molar-refractivity contribution in [2.45, 2.75) is 38.1 Å². The van der Waals surface area contributed by atoms with E-state index in [1.54, 1.807) is 18.5 Å². The van der Waals surface area contributed by atoms with Gasteiger partial charge < -0.3 is 24.7 Å². The first kappa shape index (κ1) is 21.1. The van der Waals surface area contributed by atoms with Crippen LogP contribution in [0.15, 0.2) is 41.7 Å². The van der Waals surface area contributed by atoms with E-state index in [0.29, 0.717) is 6.54 Å². The van der Waals surface area contributed by atoms with Crippen molar-refractivity contribution in [3.63, 3.8) is 0 Å². The third-order valence-electron chi connectivity index (χ3n) is 5.58. The van der Waals surface area contributed by atoms with Gasteiger partial charge in [0.05, 0.1) is 0 Å². The molecule has 2 aliphatic rings. The van der Waals surface area contributed by atoms with E-state index >= 15 is 0 Å². The quantitative estimate of drug-likeness (QED) is 0.401. The zero-order chi connectivity index (χ0) is 21.8. The molecule has 0 atom stereocenters. The van der Waals surface area contributed by atoms with E-state index in [9.17, 15) is 9.59 Å². The molecule has 0 bridgehead atoms. The first-order valence-corrected chi connectivity index (χ1v) is 10.7. The summed E-state index contributed by atoms with van der Waals surface area (Å²) in [6, 6.07) is 3.92. The van der Waals surface area contributed by atoms with Crippen molar-refractivity contribution < 1.29 is 19.1 Å². The maximum Gasteiger partial charge on any atom is 0.347 e. The Morgan fingerprint density at radius 3 is 2.94 bits per heavy atom. The number of aromatic nitrogens is 2. The van der Waals surface area contributed by atoms with Crippen LogP contribution in [0.3, 0.4) is 0 Å². The highest BCUT2D eigenvalue weighted by Gasteiger charge is 2.38. The van der Waals surface area contributed by atoms with Gasteiger partial charge in [0.15, 0.2) is 11.3 Å². The van der Waals surface area contributed by atoms with Gasteiger partial charge in [-0.15, -0.1) is 0 Å². The van der Waals surface area contributed by atoms with Crippen LogP contribution in [0.1, 0.15) is 37.7 Å². The van der Waals surface area contributed by atoms with Crippen LogP contribution in [-0.4, -0.2) is 59.9 Å². The van der Waals surface area contributed by atoms with E-state index in [1.807, 2.05) is 31.1 Å². The smallest absolute Gasteiger partial charge is 0.347 e. The normalized spacial score (nSPS) is 18.8. The molecular weight excluding hydrogens is 396 g/mol. The minimum atomic E-state index is -0.658. The fourth-order valence-electron chi connectivity index (χ4n) is 3.88. The lowest BCUT2D eigenvalue weighted by Gasteiger charge is -2.24. The summed E-state index contributed by atoms with van der Waals surface area (Å²) in [4.78, 5) is 35.2. The molecule has 0 radical (unpaired) electrons. The molecule has 0 amide bonds. The molecule has 0 spiro atoms. The summed E-state index contributed by atoms with van der Waals surface area (Å²) < 4.78 is 11.3. The van der Waals surface area contributed by atoms with E-state index in [-0.39, 0.29) is 29.9 Å². The van der Waals surface area contributed by atoms with Gasteiger partial charge in [-0.25, -0.2) is 9.78 Å². The second kappa shape index (κ2) is 9.34. The first-order valence-electron chi connectivity index (χ1n) is 10.7. The molecule has 8 heteroatoms. The molecule has 1 aliphatic carbocycles. The molecule has 4 rings (SSSR count). The summed E-state index contributed by atoms with van der Waals surface area (Å²) >= 11 is 0. The van der Waals surface area contributed by atoms with Crippen LogP contribution in [0.4, 0.5) is 0 Å². The Morgan fingerprint density at radius 2 is 2.16 bits per heavy atom. The van der Waals surface area contributed by atoms with Gasteiger partial charge >= 0.3 is 5.97 Å². The summed E-state index contributed by atoms with van der Waals surface area (Å²) in [6.45, 7) is 0.775. The number of allylic oxidation sites excluding steroid dienone is 1. The van der Waals surface area contributed by atoms with Gasteiger partial charge in [0.25, 0.3) is 0 Å². The highest BCUT2D eigenvalue weighted by atomic mass is 16.5. The van der Waals surface area contributed by atoms with Crippen molar-refractivity contribution in [2.75, 3.05) is 27.2 Å². The van der Waals surface area contributed by atoms with Gasteiger partial charge in [0, 0.05) is 35.9 Å². The Bertz CT molecular complexity index is 1030. The molecule has 0 aromatic carbocycles. The summed E-state index contributed by atoms with van der Waals surface area (Å²) in [6.07, 6.45) is 10.5. The number of nitrogens with one attached hydrogen (secondary N) is 2. The van der Waals surface area contributed by atoms with E-state index in [0.717, 1.165) is 42.3 Å². The van der Waals surface area contributed by atoms with Crippen LogP contribution >= 0.6 is 0 Å². The Balaban J connectivity index is 1.59. The number of carbonyl (C=O) groups is 2. The van der Waals surface area contributed by atoms with Gasteiger partial charge in [0.1, 0.15) is 12.3 Å². The fourth-order valence-corrected chi connectivity index (χ4v) is 3.88. The number of carbonyl (C=O) groups excluding carboxylic acids is 2. The summed E-state index contributed by atoms with van der Waals surface area (Å²) in [5, 5.41) is 4.16.